The van der Waals surface area contributed by atoms with Gasteiger partial charge in [-0.1, -0.05) is 12.8 Å². The molecule has 0 radical (unpaired) electrons. The standard InChI is InChI=1S/C14H19NO3S/c1-2-18-13(17)12(16)15-10-14(6-3-4-7-14)11-5-8-19-9-11/h5,8-9H,2-4,6-7,10H2,1H3,(H,15,16). The number of thiophene rings is 1. The van der Waals surface area contributed by atoms with E-state index < -0.39 is 11.9 Å². The lowest BCUT2D eigenvalue weighted by molar-refractivity contribution is -0.154. The molecule has 19 heavy (non-hydrogen) atoms. The highest BCUT2D eigenvalue weighted by atomic mass is 32.1. The molecule has 0 spiro atoms. The minimum absolute atomic E-state index is 0.00214. The Kier molecular flexibility index (Phi) is 4.58. The van der Waals surface area contributed by atoms with Crippen LogP contribution >= 0.6 is 11.3 Å². The molecule has 0 aromatic carbocycles. The monoisotopic (exact) mass is 281 g/mol. The molecular formula is C14H19NO3S. The molecule has 5 heteroatoms. The zero-order chi connectivity index (χ0) is 13.7. The predicted molar refractivity (Wildman–Crippen MR) is 74.1 cm³/mol. The maximum Gasteiger partial charge on any atom is 0.396 e. The first-order valence-electron chi connectivity index (χ1n) is 6.65. The maximum atomic E-state index is 11.6. The average Bonchev–Trinajstić information content (AvgIpc) is 3.07. The summed E-state index contributed by atoms with van der Waals surface area (Å²) < 4.78 is 4.69. The van der Waals surface area contributed by atoms with Crippen LogP contribution in [0.1, 0.15) is 38.2 Å². The van der Waals surface area contributed by atoms with Crippen molar-refractivity contribution in [1.82, 2.24) is 5.32 Å². The molecule has 0 saturated heterocycles. The number of amides is 1. The molecule has 1 aliphatic rings. The highest BCUT2D eigenvalue weighted by molar-refractivity contribution is 7.08. The Morgan fingerprint density at radius 3 is 2.74 bits per heavy atom. The summed E-state index contributed by atoms with van der Waals surface area (Å²) in [5.74, 6) is -1.43. The van der Waals surface area contributed by atoms with Crippen LogP contribution in [-0.2, 0) is 19.7 Å². The van der Waals surface area contributed by atoms with Crippen LogP contribution in [0.25, 0.3) is 0 Å². The number of esters is 1. The smallest absolute Gasteiger partial charge is 0.396 e. The Labute approximate surface area is 117 Å². The molecular weight excluding hydrogens is 262 g/mol. The molecule has 0 bridgehead atoms. The van der Waals surface area contributed by atoms with Crippen molar-refractivity contribution in [3.05, 3.63) is 22.4 Å². The van der Waals surface area contributed by atoms with E-state index in [0.29, 0.717) is 6.54 Å². The molecule has 0 unspecified atom stereocenters. The van der Waals surface area contributed by atoms with Gasteiger partial charge >= 0.3 is 11.9 Å². The average molecular weight is 281 g/mol. The summed E-state index contributed by atoms with van der Waals surface area (Å²) in [5, 5.41) is 6.93. The van der Waals surface area contributed by atoms with Gasteiger partial charge in [-0.3, -0.25) is 4.79 Å². The first kappa shape index (κ1) is 14.1. The number of ether oxygens (including phenoxy) is 1. The van der Waals surface area contributed by atoms with Crippen LogP contribution in [0.4, 0.5) is 0 Å². The van der Waals surface area contributed by atoms with Crippen LogP contribution in [0.3, 0.4) is 0 Å². The van der Waals surface area contributed by atoms with Crippen LogP contribution in [0, 0.1) is 0 Å². The summed E-state index contributed by atoms with van der Waals surface area (Å²) in [7, 11) is 0. The Morgan fingerprint density at radius 1 is 1.42 bits per heavy atom. The zero-order valence-electron chi connectivity index (χ0n) is 11.1. The summed E-state index contributed by atoms with van der Waals surface area (Å²) in [5.41, 5.74) is 1.28. The third kappa shape index (κ3) is 3.15. The van der Waals surface area contributed by atoms with E-state index in [4.69, 9.17) is 4.74 Å². The summed E-state index contributed by atoms with van der Waals surface area (Å²) >= 11 is 1.67. The van der Waals surface area contributed by atoms with Crippen LogP contribution in [0.5, 0.6) is 0 Å². The number of nitrogens with one attached hydrogen (secondary N) is 1. The van der Waals surface area contributed by atoms with Crippen molar-refractivity contribution in [2.45, 2.75) is 38.0 Å². The van der Waals surface area contributed by atoms with E-state index in [1.54, 1.807) is 18.3 Å². The van der Waals surface area contributed by atoms with Gasteiger partial charge in [0.25, 0.3) is 0 Å². The summed E-state index contributed by atoms with van der Waals surface area (Å²) in [4.78, 5) is 22.9. The first-order valence-corrected chi connectivity index (χ1v) is 7.60. The van der Waals surface area contributed by atoms with Gasteiger partial charge in [-0.15, -0.1) is 0 Å². The summed E-state index contributed by atoms with van der Waals surface area (Å²) in [6.07, 6.45) is 4.47. The summed E-state index contributed by atoms with van der Waals surface area (Å²) in [6.45, 7) is 2.43. The molecule has 2 rings (SSSR count). The fourth-order valence-electron chi connectivity index (χ4n) is 2.70. The molecule has 4 nitrogen and oxygen atoms in total. The molecule has 0 aliphatic heterocycles. The van der Waals surface area contributed by atoms with Gasteiger partial charge in [0, 0.05) is 12.0 Å². The zero-order valence-corrected chi connectivity index (χ0v) is 11.9. The topological polar surface area (TPSA) is 55.4 Å². The Morgan fingerprint density at radius 2 is 2.16 bits per heavy atom. The molecule has 104 valence electrons. The summed E-state index contributed by atoms with van der Waals surface area (Å²) in [6, 6.07) is 2.12. The predicted octanol–water partition coefficient (Wildman–Crippen LogP) is 2.24. The van der Waals surface area contributed by atoms with Crippen molar-refractivity contribution in [2.75, 3.05) is 13.2 Å². The van der Waals surface area contributed by atoms with Crippen molar-refractivity contribution < 1.29 is 14.3 Å². The largest absolute Gasteiger partial charge is 0.459 e. The minimum Gasteiger partial charge on any atom is -0.459 e. The van der Waals surface area contributed by atoms with E-state index in [1.807, 2.05) is 0 Å². The first-order chi connectivity index (χ1) is 9.18. The van der Waals surface area contributed by atoms with Crippen LogP contribution in [0.15, 0.2) is 16.8 Å². The number of carbonyl (C=O) groups excluding carboxylic acids is 2. The molecule has 1 N–H and O–H groups in total. The SMILES string of the molecule is CCOC(=O)C(=O)NCC1(c2ccsc2)CCCC1. The van der Waals surface area contributed by atoms with Crippen molar-refractivity contribution >= 4 is 23.2 Å². The van der Waals surface area contributed by atoms with Crippen LogP contribution in [0.2, 0.25) is 0 Å². The maximum absolute atomic E-state index is 11.6. The lowest BCUT2D eigenvalue weighted by atomic mass is 9.80. The van der Waals surface area contributed by atoms with Gasteiger partial charge in [-0.05, 0) is 42.2 Å². The normalized spacial score (nSPS) is 17.1. The van der Waals surface area contributed by atoms with Gasteiger partial charge in [0.15, 0.2) is 0 Å². The number of rotatable bonds is 4. The van der Waals surface area contributed by atoms with E-state index in [0.717, 1.165) is 12.8 Å². The van der Waals surface area contributed by atoms with E-state index in [1.165, 1.54) is 18.4 Å². The second kappa shape index (κ2) is 6.19. The third-order valence-corrected chi connectivity index (χ3v) is 4.43. The Hall–Kier alpha value is -1.36. The van der Waals surface area contributed by atoms with Crippen LogP contribution in [-0.4, -0.2) is 25.0 Å². The second-order valence-electron chi connectivity index (χ2n) is 4.90. The lowest BCUT2D eigenvalue weighted by Crippen LogP contribution is -2.42. The van der Waals surface area contributed by atoms with Crippen molar-refractivity contribution in [1.29, 1.82) is 0 Å². The van der Waals surface area contributed by atoms with Gasteiger partial charge in [-0.2, -0.15) is 11.3 Å². The molecule has 1 amide bonds. The van der Waals surface area contributed by atoms with E-state index in [-0.39, 0.29) is 12.0 Å². The quantitative estimate of drug-likeness (QED) is 0.680. The second-order valence-corrected chi connectivity index (χ2v) is 5.68. The van der Waals surface area contributed by atoms with Crippen LogP contribution < -0.4 is 5.32 Å². The van der Waals surface area contributed by atoms with Crippen molar-refractivity contribution in [3.8, 4) is 0 Å². The molecule has 1 heterocycles. The number of hydrogen-bond acceptors (Lipinski definition) is 4. The fraction of sp³-hybridized carbons (Fsp3) is 0.571. The Bertz CT molecular complexity index is 436. The molecule has 1 aromatic heterocycles. The highest BCUT2D eigenvalue weighted by Gasteiger charge is 2.36. The van der Waals surface area contributed by atoms with Gasteiger partial charge < -0.3 is 10.1 Å². The van der Waals surface area contributed by atoms with Gasteiger partial charge in [-0.25, -0.2) is 4.79 Å². The van der Waals surface area contributed by atoms with E-state index in [9.17, 15) is 9.59 Å². The van der Waals surface area contributed by atoms with Gasteiger partial charge in [0.1, 0.15) is 0 Å². The number of hydrogen-bond donors (Lipinski definition) is 1. The Balaban J connectivity index is 1.99. The van der Waals surface area contributed by atoms with E-state index >= 15 is 0 Å². The molecule has 0 atom stereocenters. The number of carbonyl (C=O) groups is 2. The lowest BCUT2D eigenvalue weighted by Gasteiger charge is -2.28. The fourth-order valence-corrected chi connectivity index (χ4v) is 3.48. The molecule has 1 fully saturated rings. The molecule has 1 aromatic rings. The minimum atomic E-state index is -0.791. The van der Waals surface area contributed by atoms with Crippen molar-refractivity contribution in [3.63, 3.8) is 0 Å². The molecule has 1 saturated carbocycles. The van der Waals surface area contributed by atoms with Crippen molar-refractivity contribution in [2.24, 2.45) is 0 Å². The molecule has 1 aliphatic carbocycles. The highest BCUT2D eigenvalue weighted by Crippen LogP contribution is 2.41. The van der Waals surface area contributed by atoms with Gasteiger partial charge in [0.05, 0.1) is 6.61 Å². The third-order valence-electron chi connectivity index (χ3n) is 3.74. The van der Waals surface area contributed by atoms with Gasteiger partial charge in [0.2, 0.25) is 0 Å². The van der Waals surface area contributed by atoms with E-state index in [2.05, 4.69) is 22.1 Å².